The normalized spacial score (nSPS) is 17.3. The summed E-state index contributed by atoms with van der Waals surface area (Å²) in [5, 5.41) is 12.6. The smallest absolute Gasteiger partial charge is 0.159 e. The second-order valence-corrected chi connectivity index (χ2v) is 7.58. The zero-order valence-electron chi connectivity index (χ0n) is 16.2. The lowest BCUT2D eigenvalue weighted by Crippen LogP contribution is -2.33. The first kappa shape index (κ1) is 19.1. The minimum absolute atomic E-state index is 0.000996. The summed E-state index contributed by atoms with van der Waals surface area (Å²) in [6, 6.07) is 16.0. The van der Waals surface area contributed by atoms with E-state index in [0.29, 0.717) is 23.4 Å². The van der Waals surface area contributed by atoms with Gasteiger partial charge in [-0.15, -0.1) is 0 Å². The van der Waals surface area contributed by atoms with Crippen LogP contribution in [0.4, 0.5) is 5.69 Å². The zero-order valence-corrected chi connectivity index (χ0v) is 16.2. The number of nitrogens with one attached hydrogen (secondary N) is 1. The van der Waals surface area contributed by atoms with Crippen LogP contribution >= 0.6 is 0 Å². The summed E-state index contributed by atoms with van der Waals surface area (Å²) in [6.45, 7) is 7.88. The molecule has 2 aromatic rings. The van der Waals surface area contributed by atoms with Crippen molar-refractivity contribution in [2.75, 3.05) is 18.4 Å². The number of piperidine rings is 1. The number of Topliss-reactive ketones (excluding diaryl/α,β-unsaturated/α-hetero) is 1. The number of carbonyl (C=O) groups excluding carboxylic acids is 1. The van der Waals surface area contributed by atoms with Gasteiger partial charge in [-0.2, -0.15) is 5.26 Å². The highest BCUT2D eigenvalue weighted by molar-refractivity contribution is 5.95. The van der Waals surface area contributed by atoms with E-state index in [2.05, 4.69) is 47.5 Å². The number of nitrogens with zero attached hydrogens (tertiary/aromatic N) is 2. The van der Waals surface area contributed by atoms with Gasteiger partial charge in [-0.1, -0.05) is 31.2 Å². The number of ketones is 1. The third-order valence-electron chi connectivity index (χ3n) is 5.20. The molecule has 1 atom stereocenters. The molecule has 1 aliphatic rings. The molecule has 2 aromatic carbocycles. The number of hydrogen-bond donors (Lipinski definition) is 1. The summed E-state index contributed by atoms with van der Waals surface area (Å²) < 4.78 is 0. The Morgan fingerprint density at radius 1 is 1.22 bits per heavy atom. The summed E-state index contributed by atoms with van der Waals surface area (Å²) in [7, 11) is 0. The number of likely N-dealkylation sites (tertiary alicyclic amines) is 1. The Balaban J connectivity index is 1.61. The van der Waals surface area contributed by atoms with Crippen molar-refractivity contribution in [3.8, 4) is 6.07 Å². The Morgan fingerprint density at radius 3 is 2.63 bits per heavy atom. The van der Waals surface area contributed by atoms with Crippen molar-refractivity contribution >= 4 is 11.5 Å². The molecule has 0 spiro atoms. The maximum atomic E-state index is 11.6. The summed E-state index contributed by atoms with van der Waals surface area (Å²) in [4.78, 5) is 14.1. The van der Waals surface area contributed by atoms with Gasteiger partial charge in [-0.3, -0.25) is 9.69 Å². The minimum atomic E-state index is -0.000996. The fourth-order valence-electron chi connectivity index (χ4n) is 3.66. The van der Waals surface area contributed by atoms with Crippen molar-refractivity contribution in [2.45, 2.75) is 39.8 Å². The molecule has 0 bridgehead atoms. The lowest BCUT2D eigenvalue weighted by Gasteiger charge is -2.30. The first-order valence-corrected chi connectivity index (χ1v) is 9.64. The van der Waals surface area contributed by atoms with Gasteiger partial charge in [-0.25, -0.2) is 0 Å². The van der Waals surface area contributed by atoms with Gasteiger partial charge in [0.05, 0.1) is 11.3 Å². The molecule has 1 heterocycles. The standard InChI is InChI=1S/C23H27N3O/c1-17-4-3-11-26(15-17)16-20-7-5-19(6-8-20)14-25-23-12-21(18(2)27)9-10-22(23)13-24/h5-10,12,17,25H,3-4,11,14-16H2,1-2H3. The summed E-state index contributed by atoms with van der Waals surface area (Å²) in [6.07, 6.45) is 2.64. The Kier molecular flexibility index (Phi) is 6.26. The second-order valence-electron chi connectivity index (χ2n) is 7.58. The number of benzene rings is 2. The quantitative estimate of drug-likeness (QED) is 0.764. The van der Waals surface area contributed by atoms with Gasteiger partial charge in [0.1, 0.15) is 6.07 Å². The average Bonchev–Trinajstić information content (AvgIpc) is 2.67. The molecule has 27 heavy (non-hydrogen) atoms. The Hall–Kier alpha value is -2.64. The van der Waals surface area contributed by atoms with Crippen LogP contribution in [0.1, 0.15) is 53.7 Å². The van der Waals surface area contributed by atoms with Gasteiger partial charge in [0.15, 0.2) is 5.78 Å². The Labute approximate surface area is 161 Å². The Bertz CT molecular complexity index is 836. The minimum Gasteiger partial charge on any atom is -0.380 e. The van der Waals surface area contributed by atoms with Crippen molar-refractivity contribution in [2.24, 2.45) is 5.92 Å². The van der Waals surface area contributed by atoms with E-state index < -0.39 is 0 Å². The number of hydrogen-bond acceptors (Lipinski definition) is 4. The van der Waals surface area contributed by atoms with Crippen molar-refractivity contribution in [3.63, 3.8) is 0 Å². The molecule has 3 rings (SSSR count). The van der Waals surface area contributed by atoms with Crippen LogP contribution in [0.2, 0.25) is 0 Å². The summed E-state index contributed by atoms with van der Waals surface area (Å²) in [5.41, 5.74) is 4.36. The number of anilines is 1. The van der Waals surface area contributed by atoms with Crippen LogP contribution in [0.3, 0.4) is 0 Å². The molecule has 0 aliphatic carbocycles. The van der Waals surface area contributed by atoms with Crippen LogP contribution in [0, 0.1) is 17.2 Å². The molecule has 1 unspecified atom stereocenters. The van der Waals surface area contributed by atoms with Gasteiger partial charge in [0.25, 0.3) is 0 Å². The van der Waals surface area contributed by atoms with Crippen LogP contribution in [0.15, 0.2) is 42.5 Å². The van der Waals surface area contributed by atoms with E-state index in [1.54, 1.807) is 18.2 Å². The molecular formula is C23H27N3O. The van der Waals surface area contributed by atoms with Crippen molar-refractivity contribution < 1.29 is 4.79 Å². The van der Waals surface area contributed by atoms with E-state index in [0.717, 1.165) is 18.0 Å². The van der Waals surface area contributed by atoms with Gasteiger partial charge in [-0.05, 0) is 61.6 Å². The first-order chi connectivity index (χ1) is 13.0. The lowest BCUT2D eigenvalue weighted by molar-refractivity contribution is 0.101. The highest BCUT2D eigenvalue weighted by Gasteiger charge is 2.16. The van der Waals surface area contributed by atoms with E-state index in [-0.39, 0.29) is 5.78 Å². The third-order valence-corrected chi connectivity index (χ3v) is 5.20. The van der Waals surface area contributed by atoms with E-state index in [9.17, 15) is 10.1 Å². The predicted octanol–water partition coefficient (Wildman–Crippen LogP) is 4.60. The predicted molar refractivity (Wildman–Crippen MR) is 109 cm³/mol. The third kappa shape index (κ3) is 5.18. The topological polar surface area (TPSA) is 56.1 Å². The molecule has 140 valence electrons. The average molecular weight is 361 g/mol. The van der Waals surface area contributed by atoms with Crippen LogP contribution in [-0.4, -0.2) is 23.8 Å². The first-order valence-electron chi connectivity index (χ1n) is 9.64. The van der Waals surface area contributed by atoms with Crippen molar-refractivity contribution in [1.82, 2.24) is 4.90 Å². The number of rotatable bonds is 6. The monoisotopic (exact) mass is 361 g/mol. The number of nitriles is 1. The van der Waals surface area contributed by atoms with Gasteiger partial charge in [0, 0.05) is 25.2 Å². The molecule has 1 N–H and O–H groups in total. The molecule has 1 saturated heterocycles. The molecule has 0 amide bonds. The van der Waals surface area contributed by atoms with Crippen LogP contribution < -0.4 is 5.32 Å². The molecule has 0 saturated carbocycles. The molecular weight excluding hydrogens is 334 g/mol. The lowest BCUT2D eigenvalue weighted by atomic mass is 9.99. The van der Waals surface area contributed by atoms with E-state index in [1.165, 1.54) is 38.4 Å². The molecule has 1 aliphatic heterocycles. The van der Waals surface area contributed by atoms with Crippen molar-refractivity contribution in [3.05, 3.63) is 64.7 Å². The highest BCUT2D eigenvalue weighted by Crippen LogP contribution is 2.20. The summed E-state index contributed by atoms with van der Waals surface area (Å²) >= 11 is 0. The highest BCUT2D eigenvalue weighted by atomic mass is 16.1. The van der Waals surface area contributed by atoms with E-state index in [1.807, 2.05) is 0 Å². The zero-order chi connectivity index (χ0) is 19.2. The molecule has 4 heteroatoms. The molecule has 0 aromatic heterocycles. The second kappa shape index (κ2) is 8.83. The van der Waals surface area contributed by atoms with Gasteiger partial charge >= 0.3 is 0 Å². The SMILES string of the molecule is CC(=O)c1ccc(C#N)c(NCc2ccc(CN3CCCC(C)C3)cc2)c1. The fourth-order valence-corrected chi connectivity index (χ4v) is 3.66. The Morgan fingerprint density at radius 2 is 1.96 bits per heavy atom. The maximum absolute atomic E-state index is 11.6. The van der Waals surface area contributed by atoms with E-state index in [4.69, 9.17) is 0 Å². The maximum Gasteiger partial charge on any atom is 0.159 e. The van der Waals surface area contributed by atoms with E-state index >= 15 is 0 Å². The van der Waals surface area contributed by atoms with Crippen molar-refractivity contribution in [1.29, 1.82) is 5.26 Å². The van der Waals surface area contributed by atoms with Crippen LogP contribution in [0.25, 0.3) is 0 Å². The summed E-state index contributed by atoms with van der Waals surface area (Å²) in [5.74, 6) is 0.793. The number of carbonyl (C=O) groups is 1. The molecule has 1 fully saturated rings. The molecule has 4 nitrogen and oxygen atoms in total. The van der Waals surface area contributed by atoms with Crippen LogP contribution in [-0.2, 0) is 13.1 Å². The fraction of sp³-hybridized carbons (Fsp3) is 0.391. The van der Waals surface area contributed by atoms with Crippen LogP contribution in [0.5, 0.6) is 0 Å². The van der Waals surface area contributed by atoms with Gasteiger partial charge < -0.3 is 5.32 Å². The van der Waals surface area contributed by atoms with Gasteiger partial charge in [0.2, 0.25) is 0 Å². The molecule has 0 radical (unpaired) electrons. The largest absolute Gasteiger partial charge is 0.380 e.